The second-order valence-electron chi connectivity index (χ2n) is 7.79. The van der Waals surface area contributed by atoms with Gasteiger partial charge in [0.1, 0.15) is 0 Å². The number of aryl methyl sites for hydroxylation is 4. The largest absolute Gasteiger partial charge is 0.346 e. The Morgan fingerprint density at radius 2 is 1.48 bits per heavy atom. The van der Waals surface area contributed by atoms with Gasteiger partial charge in [0.05, 0.1) is 6.04 Å². The maximum atomic E-state index is 12.7. The van der Waals surface area contributed by atoms with Gasteiger partial charge in [-0.15, -0.1) is 11.8 Å². The Hall–Kier alpha value is -2.52. The molecule has 1 amide bonds. The Morgan fingerprint density at radius 1 is 0.862 bits per heavy atom. The highest BCUT2D eigenvalue weighted by Gasteiger charge is 2.14. The molecule has 0 aliphatic carbocycles. The van der Waals surface area contributed by atoms with Gasteiger partial charge in [-0.05, 0) is 86.7 Å². The predicted octanol–water partition coefficient (Wildman–Crippen LogP) is 6.70. The minimum absolute atomic E-state index is 0.0291. The molecular formula is C26H29NOS. The maximum absolute atomic E-state index is 12.7. The van der Waals surface area contributed by atoms with E-state index in [0.29, 0.717) is 5.56 Å². The van der Waals surface area contributed by atoms with Crippen molar-refractivity contribution in [2.75, 3.05) is 0 Å². The molecule has 2 nitrogen and oxygen atoms in total. The first-order valence-corrected chi connectivity index (χ1v) is 11.0. The summed E-state index contributed by atoms with van der Waals surface area (Å²) < 4.78 is 0. The molecule has 0 spiro atoms. The van der Waals surface area contributed by atoms with Crippen molar-refractivity contribution in [3.63, 3.8) is 0 Å². The van der Waals surface area contributed by atoms with Crippen LogP contribution in [0.5, 0.6) is 0 Å². The molecule has 3 aromatic rings. The maximum Gasteiger partial charge on any atom is 0.251 e. The summed E-state index contributed by atoms with van der Waals surface area (Å²) in [4.78, 5) is 14.0. The summed E-state index contributed by atoms with van der Waals surface area (Å²) >= 11 is 1.81. The van der Waals surface area contributed by atoms with Crippen molar-refractivity contribution in [2.45, 2.75) is 51.3 Å². The van der Waals surface area contributed by atoms with Crippen LogP contribution in [0.1, 0.15) is 56.7 Å². The van der Waals surface area contributed by atoms with E-state index < -0.39 is 0 Å². The van der Waals surface area contributed by atoms with Gasteiger partial charge >= 0.3 is 0 Å². The highest BCUT2D eigenvalue weighted by atomic mass is 32.2. The van der Waals surface area contributed by atoms with Crippen LogP contribution in [0.15, 0.2) is 65.6 Å². The summed E-state index contributed by atoms with van der Waals surface area (Å²) in [7, 11) is 0. The van der Waals surface area contributed by atoms with E-state index in [1.807, 2.05) is 43.0 Å². The zero-order valence-corrected chi connectivity index (χ0v) is 18.7. The number of thioether (sulfide) groups is 1. The third-order valence-corrected chi connectivity index (χ3v) is 6.42. The SMILES string of the molecule is Cc1ccc(SCc2ccc(C(=O)NC(C)c3cc(C)c(C)cc3C)cc2)cc1. The highest BCUT2D eigenvalue weighted by Crippen LogP contribution is 2.24. The minimum Gasteiger partial charge on any atom is -0.346 e. The number of hydrogen-bond donors (Lipinski definition) is 1. The van der Waals surface area contributed by atoms with Gasteiger partial charge in [0, 0.05) is 16.2 Å². The molecule has 0 radical (unpaired) electrons. The summed E-state index contributed by atoms with van der Waals surface area (Å²) in [5.41, 5.74) is 8.10. The zero-order valence-electron chi connectivity index (χ0n) is 17.9. The Morgan fingerprint density at radius 3 is 2.14 bits per heavy atom. The summed E-state index contributed by atoms with van der Waals surface area (Å²) in [6.45, 7) is 10.5. The number of rotatable bonds is 6. The van der Waals surface area contributed by atoms with Gasteiger partial charge in [-0.25, -0.2) is 0 Å². The van der Waals surface area contributed by atoms with Crippen molar-refractivity contribution < 1.29 is 4.79 Å². The van der Waals surface area contributed by atoms with E-state index in [1.54, 1.807) is 0 Å². The minimum atomic E-state index is -0.0344. The smallest absolute Gasteiger partial charge is 0.251 e. The van der Waals surface area contributed by atoms with Crippen LogP contribution in [0.25, 0.3) is 0 Å². The highest BCUT2D eigenvalue weighted by molar-refractivity contribution is 7.98. The van der Waals surface area contributed by atoms with Crippen LogP contribution in [-0.2, 0) is 5.75 Å². The van der Waals surface area contributed by atoms with Crippen LogP contribution < -0.4 is 5.32 Å². The molecule has 0 saturated heterocycles. The van der Waals surface area contributed by atoms with E-state index >= 15 is 0 Å². The van der Waals surface area contributed by atoms with Crippen LogP contribution in [-0.4, -0.2) is 5.91 Å². The summed E-state index contributed by atoms with van der Waals surface area (Å²) in [6, 6.07) is 20.8. The van der Waals surface area contributed by atoms with Crippen molar-refractivity contribution in [3.05, 3.63) is 99.6 Å². The molecule has 0 aliphatic heterocycles. The number of hydrogen-bond acceptors (Lipinski definition) is 2. The lowest BCUT2D eigenvalue weighted by Gasteiger charge is -2.18. The molecule has 0 aromatic heterocycles. The monoisotopic (exact) mass is 403 g/mol. The lowest BCUT2D eigenvalue weighted by molar-refractivity contribution is 0.0940. The van der Waals surface area contributed by atoms with Crippen molar-refractivity contribution >= 4 is 17.7 Å². The molecule has 150 valence electrons. The topological polar surface area (TPSA) is 29.1 Å². The van der Waals surface area contributed by atoms with Crippen LogP contribution >= 0.6 is 11.8 Å². The molecule has 0 aliphatic rings. The summed E-state index contributed by atoms with van der Waals surface area (Å²) in [5, 5.41) is 3.14. The van der Waals surface area contributed by atoms with Gasteiger partial charge in [0.25, 0.3) is 5.91 Å². The first-order valence-electron chi connectivity index (χ1n) is 10.0. The normalized spacial score (nSPS) is 11.9. The van der Waals surface area contributed by atoms with Crippen molar-refractivity contribution in [1.82, 2.24) is 5.32 Å². The average molecular weight is 404 g/mol. The van der Waals surface area contributed by atoms with E-state index in [9.17, 15) is 4.79 Å². The first kappa shape index (κ1) is 21.2. The Balaban J connectivity index is 1.61. The number of nitrogens with one attached hydrogen (secondary N) is 1. The molecule has 29 heavy (non-hydrogen) atoms. The van der Waals surface area contributed by atoms with Crippen LogP contribution in [0.2, 0.25) is 0 Å². The Bertz CT molecular complexity index is 990. The lowest BCUT2D eigenvalue weighted by atomic mass is 9.96. The van der Waals surface area contributed by atoms with E-state index in [0.717, 1.165) is 5.75 Å². The zero-order chi connectivity index (χ0) is 21.0. The fraction of sp³-hybridized carbons (Fsp3) is 0.269. The second-order valence-corrected chi connectivity index (χ2v) is 8.84. The number of amides is 1. The van der Waals surface area contributed by atoms with Crippen LogP contribution in [0.4, 0.5) is 0 Å². The molecular weight excluding hydrogens is 374 g/mol. The standard InChI is InChI=1S/C26H29NOS/c1-17-6-12-24(13-7-17)29-16-22-8-10-23(11-9-22)26(28)27-21(5)25-15-19(3)18(2)14-20(25)4/h6-15,21H,16H2,1-5H3,(H,27,28). The van der Waals surface area contributed by atoms with Gasteiger partial charge in [0.15, 0.2) is 0 Å². The van der Waals surface area contributed by atoms with Crippen LogP contribution in [0, 0.1) is 27.7 Å². The average Bonchev–Trinajstić information content (AvgIpc) is 2.70. The first-order chi connectivity index (χ1) is 13.8. The Kier molecular flexibility index (Phi) is 6.81. The van der Waals surface area contributed by atoms with Gasteiger partial charge in [-0.1, -0.05) is 42.0 Å². The second kappa shape index (κ2) is 9.32. The van der Waals surface area contributed by atoms with E-state index in [4.69, 9.17) is 0 Å². The summed E-state index contributed by atoms with van der Waals surface area (Å²) in [6.07, 6.45) is 0. The third-order valence-electron chi connectivity index (χ3n) is 5.34. The Labute approximate surface area is 178 Å². The van der Waals surface area contributed by atoms with Crippen molar-refractivity contribution in [3.8, 4) is 0 Å². The molecule has 0 fully saturated rings. The van der Waals surface area contributed by atoms with Gasteiger partial charge in [-0.3, -0.25) is 4.79 Å². The fourth-order valence-corrected chi connectivity index (χ4v) is 4.21. The van der Waals surface area contributed by atoms with Gasteiger partial charge in [0.2, 0.25) is 0 Å². The predicted molar refractivity (Wildman–Crippen MR) is 124 cm³/mol. The lowest BCUT2D eigenvalue weighted by Crippen LogP contribution is -2.27. The van der Waals surface area contributed by atoms with E-state index in [1.165, 1.54) is 38.3 Å². The van der Waals surface area contributed by atoms with E-state index in [-0.39, 0.29) is 11.9 Å². The van der Waals surface area contributed by atoms with Crippen molar-refractivity contribution in [2.24, 2.45) is 0 Å². The number of carbonyl (C=O) groups is 1. The fourth-order valence-electron chi connectivity index (χ4n) is 3.36. The number of benzene rings is 3. The molecule has 0 heterocycles. The molecule has 0 saturated carbocycles. The van der Waals surface area contributed by atoms with Crippen molar-refractivity contribution in [1.29, 1.82) is 0 Å². The van der Waals surface area contributed by atoms with Gasteiger partial charge < -0.3 is 5.32 Å². The number of carbonyl (C=O) groups excluding carboxylic acids is 1. The molecule has 1 N–H and O–H groups in total. The molecule has 3 aromatic carbocycles. The molecule has 1 atom stereocenters. The quantitative estimate of drug-likeness (QED) is 0.464. The van der Waals surface area contributed by atoms with Crippen LogP contribution in [0.3, 0.4) is 0 Å². The summed E-state index contributed by atoms with van der Waals surface area (Å²) in [5.74, 6) is 0.858. The molecule has 1 unspecified atom stereocenters. The van der Waals surface area contributed by atoms with Gasteiger partial charge in [-0.2, -0.15) is 0 Å². The molecule has 0 bridgehead atoms. The molecule has 3 heteroatoms. The third kappa shape index (κ3) is 5.51. The molecule has 3 rings (SSSR count). The van der Waals surface area contributed by atoms with E-state index in [2.05, 4.69) is 69.4 Å².